The Hall–Kier alpha value is -2.02. The highest BCUT2D eigenvalue weighted by molar-refractivity contribution is 7.90. The van der Waals surface area contributed by atoms with E-state index in [4.69, 9.17) is 0 Å². The van der Waals surface area contributed by atoms with Crippen LogP contribution in [0.5, 0.6) is 0 Å². The SMILES string of the molecule is CS(=O)(=O)c1ccc(N=C2C=CNC2=O)c(F)c1. The number of nitrogens with zero attached hydrogens (tertiary/aromatic N) is 1. The minimum Gasteiger partial charge on any atom is -0.327 e. The van der Waals surface area contributed by atoms with Crippen LogP contribution in [0.15, 0.2) is 40.4 Å². The van der Waals surface area contributed by atoms with Crippen molar-refractivity contribution in [2.45, 2.75) is 4.90 Å². The Balaban J connectivity index is 2.43. The first kappa shape index (κ1) is 12.4. The lowest BCUT2D eigenvalue weighted by molar-refractivity contribution is -0.113. The molecule has 1 amide bonds. The van der Waals surface area contributed by atoms with Gasteiger partial charge in [0.2, 0.25) is 0 Å². The summed E-state index contributed by atoms with van der Waals surface area (Å²) in [6.07, 6.45) is 3.79. The van der Waals surface area contributed by atoms with Crippen molar-refractivity contribution in [1.29, 1.82) is 0 Å². The molecule has 0 aliphatic carbocycles. The summed E-state index contributed by atoms with van der Waals surface area (Å²) in [6.45, 7) is 0. The van der Waals surface area contributed by atoms with E-state index in [-0.39, 0.29) is 16.3 Å². The highest BCUT2D eigenvalue weighted by Gasteiger charge is 2.15. The van der Waals surface area contributed by atoms with Crippen LogP contribution in [0, 0.1) is 5.82 Å². The topological polar surface area (TPSA) is 75.6 Å². The molecule has 0 aromatic heterocycles. The number of nitrogens with one attached hydrogen (secondary N) is 1. The fourth-order valence-corrected chi connectivity index (χ4v) is 2.01. The molecule has 0 bridgehead atoms. The highest BCUT2D eigenvalue weighted by Crippen LogP contribution is 2.22. The van der Waals surface area contributed by atoms with Crippen molar-refractivity contribution >= 4 is 27.1 Å². The number of amides is 1. The summed E-state index contributed by atoms with van der Waals surface area (Å²) in [6, 6.07) is 3.35. The van der Waals surface area contributed by atoms with Crippen LogP contribution in [0.3, 0.4) is 0 Å². The molecule has 0 spiro atoms. The summed E-state index contributed by atoms with van der Waals surface area (Å²) >= 11 is 0. The van der Waals surface area contributed by atoms with Crippen LogP contribution in [-0.4, -0.2) is 26.3 Å². The largest absolute Gasteiger partial charge is 0.327 e. The molecular formula is C11H9FN2O3S. The van der Waals surface area contributed by atoms with Gasteiger partial charge in [0.25, 0.3) is 5.91 Å². The van der Waals surface area contributed by atoms with Gasteiger partial charge in [0.1, 0.15) is 11.5 Å². The molecule has 0 saturated carbocycles. The number of halogens is 1. The van der Waals surface area contributed by atoms with Gasteiger partial charge >= 0.3 is 0 Å². The number of benzene rings is 1. The lowest BCUT2D eigenvalue weighted by Crippen LogP contribution is -2.18. The fourth-order valence-electron chi connectivity index (χ4n) is 1.37. The monoisotopic (exact) mass is 268 g/mol. The van der Waals surface area contributed by atoms with E-state index in [1.54, 1.807) is 0 Å². The number of rotatable bonds is 2. The summed E-state index contributed by atoms with van der Waals surface area (Å²) in [4.78, 5) is 14.9. The molecule has 2 rings (SSSR count). The third-order valence-electron chi connectivity index (χ3n) is 2.28. The Morgan fingerprint density at radius 1 is 1.33 bits per heavy atom. The Labute approximate surface area is 103 Å². The number of hydrogen-bond acceptors (Lipinski definition) is 4. The number of carbonyl (C=O) groups excluding carboxylic acids is 1. The maximum Gasteiger partial charge on any atom is 0.273 e. The van der Waals surface area contributed by atoms with Gasteiger partial charge in [-0.3, -0.25) is 4.79 Å². The molecule has 5 nitrogen and oxygen atoms in total. The van der Waals surface area contributed by atoms with E-state index >= 15 is 0 Å². The minimum atomic E-state index is -3.46. The number of carbonyl (C=O) groups is 1. The van der Waals surface area contributed by atoms with Crippen molar-refractivity contribution in [2.75, 3.05) is 6.26 Å². The van der Waals surface area contributed by atoms with Gasteiger partial charge in [-0.1, -0.05) is 0 Å². The van der Waals surface area contributed by atoms with Crippen molar-refractivity contribution in [3.63, 3.8) is 0 Å². The summed E-state index contributed by atoms with van der Waals surface area (Å²) in [5.74, 6) is -1.22. The molecule has 7 heteroatoms. The van der Waals surface area contributed by atoms with E-state index in [2.05, 4.69) is 10.3 Å². The first-order chi connectivity index (χ1) is 8.38. The van der Waals surface area contributed by atoms with Crippen LogP contribution < -0.4 is 5.32 Å². The third-order valence-corrected chi connectivity index (χ3v) is 3.39. The van der Waals surface area contributed by atoms with Gasteiger partial charge in [-0.05, 0) is 24.3 Å². The predicted molar refractivity (Wildman–Crippen MR) is 63.9 cm³/mol. The molecule has 1 aliphatic heterocycles. The Morgan fingerprint density at radius 3 is 2.56 bits per heavy atom. The van der Waals surface area contributed by atoms with Crippen molar-refractivity contribution in [3.8, 4) is 0 Å². The molecule has 0 radical (unpaired) electrons. The molecule has 0 fully saturated rings. The molecular weight excluding hydrogens is 259 g/mol. The minimum absolute atomic E-state index is 0.0704. The Morgan fingerprint density at radius 2 is 2.06 bits per heavy atom. The van der Waals surface area contributed by atoms with Gasteiger partial charge in [0.05, 0.1) is 10.6 Å². The van der Waals surface area contributed by atoms with Crippen LogP contribution in [-0.2, 0) is 14.6 Å². The van der Waals surface area contributed by atoms with E-state index < -0.39 is 21.6 Å². The lowest BCUT2D eigenvalue weighted by atomic mass is 10.3. The van der Waals surface area contributed by atoms with Gasteiger partial charge in [-0.25, -0.2) is 17.8 Å². The van der Waals surface area contributed by atoms with Gasteiger partial charge in [-0.15, -0.1) is 0 Å². The molecule has 1 aliphatic rings. The van der Waals surface area contributed by atoms with Crippen molar-refractivity contribution < 1.29 is 17.6 Å². The van der Waals surface area contributed by atoms with E-state index in [0.717, 1.165) is 12.3 Å². The van der Waals surface area contributed by atoms with Crippen molar-refractivity contribution in [2.24, 2.45) is 4.99 Å². The van der Waals surface area contributed by atoms with E-state index in [1.807, 2.05) is 0 Å². The molecule has 1 N–H and O–H groups in total. The first-order valence-electron chi connectivity index (χ1n) is 4.93. The molecule has 0 saturated heterocycles. The normalized spacial score (nSPS) is 17.2. The third kappa shape index (κ3) is 2.45. The standard InChI is InChI=1S/C11H9FN2O3S/c1-18(16,17)7-2-3-9(8(12)6-7)14-10-4-5-13-11(10)15/h2-6H,1H3,(H,13,14,15). The van der Waals surface area contributed by atoms with E-state index in [1.165, 1.54) is 24.4 Å². The van der Waals surface area contributed by atoms with Gasteiger partial charge < -0.3 is 5.32 Å². The van der Waals surface area contributed by atoms with Crippen LogP contribution in [0.4, 0.5) is 10.1 Å². The predicted octanol–water partition coefficient (Wildman–Crippen LogP) is 0.945. The molecule has 18 heavy (non-hydrogen) atoms. The Bertz CT molecular complexity index is 678. The van der Waals surface area contributed by atoms with E-state index in [0.29, 0.717) is 0 Å². The van der Waals surface area contributed by atoms with Gasteiger partial charge in [-0.2, -0.15) is 0 Å². The van der Waals surface area contributed by atoms with Crippen LogP contribution in [0.1, 0.15) is 0 Å². The molecule has 1 aromatic carbocycles. The zero-order valence-corrected chi connectivity index (χ0v) is 10.2. The quantitative estimate of drug-likeness (QED) is 0.867. The average Bonchev–Trinajstić information content (AvgIpc) is 2.66. The summed E-state index contributed by atoms with van der Waals surface area (Å²) in [5.41, 5.74) is -0.0138. The van der Waals surface area contributed by atoms with Gasteiger partial charge in [0.15, 0.2) is 9.84 Å². The summed E-state index contributed by atoms with van der Waals surface area (Å²) < 4.78 is 36.1. The molecule has 94 valence electrons. The second-order valence-electron chi connectivity index (χ2n) is 3.69. The average molecular weight is 268 g/mol. The number of hydrogen-bond donors (Lipinski definition) is 1. The molecule has 1 aromatic rings. The maximum atomic E-state index is 13.6. The lowest BCUT2D eigenvalue weighted by Gasteiger charge is -2.01. The number of sulfone groups is 1. The zero-order chi connectivity index (χ0) is 13.3. The Kier molecular flexibility index (Phi) is 3.00. The van der Waals surface area contributed by atoms with Gasteiger partial charge in [0, 0.05) is 12.5 Å². The van der Waals surface area contributed by atoms with Crippen molar-refractivity contribution in [1.82, 2.24) is 5.32 Å². The fraction of sp³-hybridized carbons (Fsp3) is 0.0909. The summed E-state index contributed by atoms with van der Waals surface area (Å²) in [7, 11) is -3.46. The van der Waals surface area contributed by atoms with Crippen LogP contribution >= 0.6 is 0 Å². The first-order valence-corrected chi connectivity index (χ1v) is 6.83. The molecule has 1 heterocycles. The summed E-state index contributed by atoms with van der Waals surface area (Å²) in [5, 5.41) is 2.38. The van der Waals surface area contributed by atoms with E-state index in [9.17, 15) is 17.6 Å². The number of aliphatic imine (C=N–C) groups is 1. The van der Waals surface area contributed by atoms with Crippen LogP contribution in [0.2, 0.25) is 0 Å². The second kappa shape index (κ2) is 4.34. The molecule has 0 unspecified atom stereocenters. The zero-order valence-electron chi connectivity index (χ0n) is 9.34. The smallest absolute Gasteiger partial charge is 0.273 e. The van der Waals surface area contributed by atoms with Crippen LogP contribution in [0.25, 0.3) is 0 Å². The second-order valence-corrected chi connectivity index (χ2v) is 5.70. The highest BCUT2D eigenvalue weighted by atomic mass is 32.2. The molecule has 0 atom stereocenters. The van der Waals surface area contributed by atoms with Crippen molar-refractivity contribution in [3.05, 3.63) is 36.3 Å². The maximum absolute atomic E-state index is 13.6.